The molecule has 1 aromatic rings. The summed E-state index contributed by atoms with van der Waals surface area (Å²) >= 11 is 0. The maximum atomic E-state index is 10.2. The van der Waals surface area contributed by atoms with E-state index in [4.69, 9.17) is 14.2 Å². The maximum Gasteiger partial charge on any atom is 0.186 e. The molecule has 1 aliphatic carbocycles. The van der Waals surface area contributed by atoms with E-state index in [0.717, 1.165) is 37.9 Å². The molecule has 2 aliphatic rings. The lowest BCUT2D eigenvalue weighted by molar-refractivity contribution is -0.316. The molecule has 1 aromatic carbocycles. The third kappa shape index (κ3) is 4.80. The summed E-state index contributed by atoms with van der Waals surface area (Å²) < 4.78 is 16.8. The van der Waals surface area contributed by atoms with E-state index in [1.54, 1.807) is 7.11 Å². The Morgan fingerprint density at radius 3 is 2.37 bits per heavy atom. The highest BCUT2D eigenvalue weighted by Crippen LogP contribution is 2.33. The summed E-state index contributed by atoms with van der Waals surface area (Å²) in [6, 6.07) is 7.95. The maximum absolute atomic E-state index is 10.2. The second-order valence-electron chi connectivity index (χ2n) is 7.47. The van der Waals surface area contributed by atoms with Crippen LogP contribution in [0.4, 0.5) is 0 Å². The first-order valence-corrected chi connectivity index (χ1v) is 9.62. The van der Waals surface area contributed by atoms with Crippen molar-refractivity contribution in [3.05, 3.63) is 29.8 Å². The fourth-order valence-electron chi connectivity index (χ4n) is 4.00. The quantitative estimate of drug-likeness (QED) is 0.571. The van der Waals surface area contributed by atoms with Gasteiger partial charge in [-0.25, -0.2) is 0 Å². The highest BCUT2D eigenvalue weighted by molar-refractivity contribution is 5.27. The van der Waals surface area contributed by atoms with Gasteiger partial charge in [-0.05, 0) is 42.9 Å². The van der Waals surface area contributed by atoms with E-state index < -0.39 is 37.3 Å². The third-order valence-corrected chi connectivity index (χ3v) is 5.65. The van der Waals surface area contributed by atoms with E-state index in [-0.39, 0.29) is 12.0 Å². The monoisotopic (exact) mass is 382 g/mol. The Morgan fingerprint density at radius 2 is 1.70 bits per heavy atom. The van der Waals surface area contributed by atoms with Crippen LogP contribution in [0.2, 0.25) is 0 Å². The van der Waals surface area contributed by atoms with Crippen molar-refractivity contribution in [2.45, 2.75) is 68.9 Å². The Kier molecular flexibility index (Phi) is 7.08. The Balaban J connectivity index is 1.65. The third-order valence-electron chi connectivity index (χ3n) is 5.65. The number of hydrogen-bond acceptors (Lipinski definition) is 7. The molecule has 1 heterocycles. The summed E-state index contributed by atoms with van der Waals surface area (Å²) in [5.74, 6) is 1.08. The van der Waals surface area contributed by atoms with Crippen molar-refractivity contribution < 1.29 is 34.6 Å². The molecule has 27 heavy (non-hydrogen) atoms. The highest BCUT2D eigenvalue weighted by Gasteiger charge is 2.45. The summed E-state index contributed by atoms with van der Waals surface area (Å²) in [5, 5.41) is 39.4. The minimum absolute atomic E-state index is 0.123. The molecule has 152 valence electrons. The zero-order chi connectivity index (χ0) is 19.4. The van der Waals surface area contributed by atoms with Gasteiger partial charge in [0, 0.05) is 0 Å². The molecule has 2 unspecified atom stereocenters. The van der Waals surface area contributed by atoms with Crippen molar-refractivity contribution in [3.63, 3.8) is 0 Å². The van der Waals surface area contributed by atoms with Crippen molar-refractivity contribution in [2.75, 3.05) is 13.7 Å². The first kappa shape index (κ1) is 20.5. The lowest BCUT2D eigenvalue weighted by atomic mass is 9.82. The number of aliphatic hydroxyl groups is 4. The minimum atomic E-state index is -1.41. The molecule has 1 saturated carbocycles. The van der Waals surface area contributed by atoms with Crippen LogP contribution in [0, 0.1) is 5.92 Å². The molecule has 1 saturated heterocycles. The summed E-state index contributed by atoms with van der Waals surface area (Å²) in [7, 11) is 1.64. The van der Waals surface area contributed by atoms with Gasteiger partial charge in [0.15, 0.2) is 6.29 Å². The Labute approximate surface area is 159 Å². The van der Waals surface area contributed by atoms with E-state index in [1.807, 2.05) is 24.3 Å². The molecule has 7 nitrogen and oxygen atoms in total. The van der Waals surface area contributed by atoms with Crippen molar-refractivity contribution in [1.29, 1.82) is 0 Å². The molecule has 0 radical (unpaired) electrons. The van der Waals surface area contributed by atoms with Gasteiger partial charge >= 0.3 is 0 Å². The number of methoxy groups -OCH3 is 1. The van der Waals surface area contributed by atoms with Crippen LogP contribution < -0.4 is 4.74 Å². The fourth-order valence-corrected chi connectivity index (χ4v) is 4.00. The molecule has 2 fully saturated rings. The largest absolute Gasteiger partial charge is 0.497 e. The molecule has 7 atom stereocenters. The molecule has 1 aliphatic heterocycles. The van der Waals surface area contributed by atoms with Gasteiger partial charge < -0.3 is 34.6 Å². The van der Waals surface area contributed by atoms with Gasteiger partial charge in [0.05, 0.1) is 19.8 Å². The number of hydrogen-bond donors (Lipinski definition) is 4. The van der Waals surface area contributed by atoms with Crippen LogP contribution in [-0.4, -0.2) is 71.0 Å². The van der Waals surface area contributed by atoms with Gasteiger partial charge in [-0.1, -0.05) is 25.0 Å². The average Bonchev–Trinajstić information content (AvgIpc) is 2.70. The predicted octanol–water partition coefficient (Wildman–Crippen LogP) is 0.613. The van der Waals surface area contributed by atoms with Crippen LogP contribution >= 0.6 is 0 Å². The van der Waals surface area contributed by atoms with E-state index in [1.165, 1.54) is 5.56 Å². The molecule has 3 rings (SSSR count). The average molecular weight is 382 g/mol. The number of benzene rings is 1. The minimum Gasteiger partial charge on any atom is -0.497 e. The van der Waals surface area contributed by atoms with E-state index >= 15 is 0 Å². The van der Waals surface area contributed by atoms with Gasteiger partial charge in [0.1, 0.15) is 30.2 Å². The molecular weight excluding hydrogens is 352 g/mol. The summed E-state index contributed by atoms with van der Waals surface area (Å²) in [6.45, 7) is -0.454. The van der Waals surface area contributed by atoms with Gasteiger partial charge in [-0.15, -0.1) is 0 Å². The lowest BCUT2D eigenvalue weighted by Crippen LogP contribution is -2.60. The standard InChI is InChI=1S/C20H30O7/c1-25-14-8-6-12(7-9-14)10-13-4-2-3-5-15(13)26-20-19(24)18(23)17(22)16(11-21)27-20/h6-9,13,15-24H,2-5,10-11H2,1H3/t13?,15?,16-,17+,18+,19-,20-/m1/s1. The summed E-state index contributed by atoms with van der Waals surface area (Å²) in [5.41, 5.74) is 1.19. The topological polar surface area (TPSA) is 109 Å². The predicted molar refractivity (Wildman–Crippen MR) is 97.3 cm³/mol. The first-order valence-electron chi connectivity index (χ1n) is 9.62. The first-order chi connectivity index (χ1) is 13.0. The van der Waals surface area contributed by atoms with Gasteiger partial charge in [0.25, 0.3) is 0 Å². The summed E-state index contributed by atoms with van der Waals surface area (Å²) in [4.78, 5) is 0. The SMILES string of the molecule is COc1ccc(CC2CCCCC2O[C@@H]2O[C@H](CO)[C@H](O)[C@H](O)[C@H]2O)cc1. The smallest absolute Gasteiger partial charge is 0.186 e. The van der Waals surface area contributed by atoms with Crippen LogP contribution in [0.5, 0.6) is 5.75 Å². The Bertz CT molecular complexity index is 576. The Morgan fingerprint density at radius 1 is 1.00 bits per heavy atom. The van der Waals surface area contributed by atoms with Crippen molar-refractivity contribution >= 4 is 0 Å². The van der Waals surface area contributed by atoms with Crippen LogP contribution in [0.15, 0.2) is 24.3 Å². The van der Waals surface area contributed by atoms with E-state index in [9.17, 15) is 20.4 Å². The zero-order valence-corrected chi connectivity index (χ0v) is 15.6. The van der Waals surface area contributed by atoms with E-state index in [2.05, 4.69) is 0 Å². The van der Waals surface area contributed by atoms with E-state index in [0.29, 0.717) is 0 Å². The highest BCUT2D eigenvalue weighted by atomic mass is 16.7. The number of aliphatic hydroxyl groups excluding tert-OH is 4. The van der Waals surface area contributed by atoms with Crippen LogP contribution in [0.25, 0.3) is 0 Å². The number of ether oxygens (including phenoxy) is 3. The van der Waals surface area contributed by atoms with Crippen molar-refractivity contribution in [1.82, 2.24) is 0 Å². The molecule has 0 amide bonds. The van der Waals surface area contributed by atoms with Crippen molar-refractivity contribution in [2.24, 2.45) is 5.92 Å². The van der Waals surface area contributed by atoms with Crippen molar-refractivity contribution in [3.8, 4) is 5.75 Å². The molecule has 0 spiro atoms. The molecule has 0 bridgehead atoms. The summed E-state index contributed by atoms with van der Waals surface area (Å²) in [6.07, 6.45) is -1.43. The van der Waals surface area contributed by atoms with Crippen LogP contribution in [0.3, 0.4) is 0 Å². The number of rotatable bonds is 6. The molecule has 4 N–H and O–H groups in total. The second kappa shape index (κ2) is 9.32. The Hall–Kier alpha value is -1.22. The molecular formula is C20H30O7. The second-order valence-corrected chi connectivity index (χ2v) is 7.47. The molecule has 7 heteroatoms. The van der Waals surface area contributed by atoms with Gasteiger partial charge in [-0.2, -0.15) is 0 Å². The zero-order valence-electron chi connectivity index (χ0n) is 15.6. The van der Waals surface area contributed by atoms with Crippen LogP contribution in [0.1, 0.15) is 31.2 Å². The molecule has 0 aromatic heterocycles. The van der Waals surface area contributed by atoms with Gasteiger partial charge in [-0.3, -0.25) is 0 Å². The van der Waals surface area contributed by atoms with Gasteiger partial charge in [0.2, 0.25) is 0 Å². The normalized spacial score (nSPS) is 37.1. The fraction of sp³-hybridized carbons (Fsp3) is 0.700. The lowest BCUT2D eigenvalue weighted by Gasteiger charge is -2.42. The van der Waals surface area contributed by atoms with Crippen LogP contribution in [-0.2, 0) is 15.9 Å².